The molecule has 0 aliphatic carbocycles. The number of aliphatic carboxylic acids is 1. The first kappa shape index (κ1) is 23.7. The quantitative estimate of drug-likeness (QED) is 0.196. The molecule has 0 atom stereocenters. The van der Waals surface area contributed by atoms with Crippen LogP contribution in [-0.4, -0.2) is 23.1 Å². The predicted molar refractivity (Wildman–Crippen MR) is 103 cm³/mol. The molecule has 0 bridgehead atoms. The molecule has 0 unspecified atom stereocenters. The Morgan fingerprint density at radius 2 is 1.20 bits per heavy atom. The van der Waals surface area contributed by atoms with E-state index in [1.54, 1.807) is 0 Å². The van der Waals surface area contributed by atoms with Gasteiger partial charge in [-0.3, -0.25) is 9.59 Å². The monoisotopic (exact) mass is 354 g/mol. The summed E-state index contributed by atoms with van der Waals surface area (Å²) in [5.41, 5.74) is 0. The summed E-state index contributed by atoms with van der Waals surface area (Å²) in [6.45, 7) is 3.77. The van der Waals surface area contributed by atoms with E-state index in [4.69, 9.17) is 9.84 Å². The van der Waals surface area contributed by atoms with Gasteiger partial charge in [0.1, 0.15) is 0 Å². The Morgan fingerprint density at radius 3 is 1.68 bits per heavy atom. The fourth-order valence-electron chi connectivity index (χ4n) is 2.69. The van der Waals surface area contributed by atoms with Crippen LogP contribution in [0.2, 0.25) is 0 Å². The number of ether oxygens (including phenoxy) is 1. The van der Waals surface area contributed by atoms with Crippen LogP contribution in [0.15, 0.2) is 12.2 Å². The Hall–Kier alpha value is -1.32. The molecular formula is C21H38O4. The van der Waals surface area contributed by atoms with Crippen molar-refractivity contribution in [2.45, 2.75) is 110 Å². The number of carbonyl (C=O) groups is 2. The molecule has 25 heavy (non-hydrogen) atoms. The molecule has 0 aromatic carbocycles. The number of hydrogen-bond acceptors (Lipinski definition) is 3. The van der Waals surface area contributed by atoms with Crippen molar-refractivity contribution in [2.75, 3.05) is 0 Å². The lowest BCUT2D eigenvalue weighted by Crippen LogP contribution is -2.10. The second kappa shape index (κ2) is 17.5. The number of allylic oxidation sites excluding steroid dienone is 2. The highest BCUT2D eigenvalue weighted by Gasteiger charge is 2.04. The first-order chi connectivity index (χ1) is 12.0. The van der Waals surface area contributed by atoms with Crippen molar-refractivity contribution in [3.05, 3.63) is 12.2 Å². The van der Waals surface area contributed by atoms with Crippen molar-refractivity contribution in [3.63, 3.8) is 0 Å². The third-order valence-electron chi connectivity index (χ3n) is 4.05. The number of hydrogen-bond donors (Lipinski definition) is 1. The molecule has 0 aliphatic rings. The largest absolute Gasteiger partial charge is 0.481 e. The molecule has 0 heterocycles. The molecule has 0 amide bonds. The van der Waals surface area contributed by atoms with Crippen LogP contribution in [0, 0.1) is 0 Å². The number of esters is 1. The first-order valence-corrected chi connectivity index (χ1v) is 10.1. The fraction of sp³-hybridized carbons (Fsp3) is 0.810. The normalized spacial score (nSPS) is 11.3. The Balaban J connectivity index is 3.20. The minimum Gasteiger partial charge on any atom is -0.481 e. The lowest BCUT2D eigenvalue weighted by Gasteiger charge is -2.07. The van der Waals surface area contributed by atoms with E-state index < -0.39 is 5.97 Å². The maximum atomic E-state index is 11.4. The van der Waals surface area contributed by atoms with Crippen LogP contribution in [0.1, 0.15) is 104 Å². The summed E-state index contributed by atoms with van der Waals surface area (Å²) in [7, 11) is 0. The standard InChI is InChI=1S/C21H38O4/c1-19(2)25-21(24)18-16-14-12-10-8-6-4-3-5-7-9-11-13-15-17-20(22)23/h3-4,19H,5-18H2,1-2H3,(H,22,23). The second-order valence-corrected chi connectivity index (χ2v) is 7.02. The number of carboxylic acid groups (broad SMARTS) is 1. The molecule has 4 nitrogen and oxygen atoms in total. The number of carboxylic acids is 1. The Labute approximate surface area is 154 Å². The maximum absolute atomic E-state index is 11.4. The van der Waals surface area contributed by atoms with Gasteiger partial charge in [0.15, 0.2) is 0 Å². The Kier molecular flexibility index (Phi) is 16.6. The lowest BCUT2D eigenvalue weighted by atomic mass is 10.1. The van der Waals surface area contributed by atoms with Crippen molar-refractivity contribution in [3.8, 4) is 0 Å². The van der Waals surface area contributed by atoms with Gasteiger partial charge in [-0.1, -0.05) is 50.7 Å². The van der Waals surface area contributed by atoms with Crippen molar-refractivity contribution in [2.24, 2.45) is 0 Å². The third kappa shape index (κ3) is 20.6. The zero-order valence-corrected chi connectivity index (χ0v) is 16.3. The van der Waals surface area contributed by atoms with E-state index in [1.165, 1.54) is 32.1 Å². The van der Waals surface area contributed by atoms with Crippen LogP contribution in [0.4, 0.5) is 0 Å². The number of rotatable bonds is 17. The van der Waals surface area contributed by atoms with Gasteiger partial charge >= 0.3 is 11.9 Å². The van der Waals surface area contributed by atoms with Gasteiger partial charge in [0.25, 0.3) is 0 Å². The van der Waals surface area contributed by atoms with E-state index >= 15 is 0 Å². The average molecular weight is 355 g/mol. The van der Waals surface area contributed by atoms with E-state index in [-0.39, 0.29) is 12.1 Å². The summed E-state index contributed by atoms with van der Waals surface area (Å²) in [6.07, 6.45) is 18.8. The zero-order valence-electron chi connectivity index (χ0n) is 16.3. The van der Waals surface area contributed by atoms with E-state index in [0.29, 0.717) is 12.8 Å². The van der Waals surface area contributed by atoms with Crippen molar-refractivity contribution < 1.29 is 19.4 Å². The summed E-state index contributed by atoms with van der Waals surface area (Å²) < 4.78 is 5.11. The molecule has 0 rings (SSSR count). The van der Waals surface area contributed by atoms with Gasteiger partial charge in [-0.05, 0) is 52.4 Å². The molecule has 0 saturated carbocycles. The summed E-state index contributed by atoms with van der Waals surface area (Å²) in [4.78, 5) is 21.7. The highest BCUT2D eigenvalue weighted by atomic mass is 16.5. The van der Waals surface area contributed by atoms with Crippen LogP contribution < -0.4 is 0 Å². The van der Waals surface area contributed by atoms with Crippen molar-refractivity contribution in [1.82, 2.24) is 0 Å². The Morgan fingerprint density at radius 1 is 0.760 bits per heavy atom. The molecule has 146 valence electrons. The molecule has 0 saturated heterocycles. The summed E-state index contributed by atoms with van der Waals surface area (Å²) >= 11 is 0. The van der Waals surface area contributed by atoms with E-state index in [0.717, 1.165) is 44.9 Å². The Bertz CT molecular complexity index is 361. The highest BCUT2D eigenvalue weighted by Crippen LogP contribution is 2.10. The molecule has 1 N–H and O–H groups in total. The molecular weight excluding hydrogens is 316 g/mol. The van der Waals surface area contributed by atoms with Gasteiger partial charge in [-0.15, -0.1) is 0 Å². The topological polar surface area (TPSA) is 63.6 Å². The second-order valence-electron chi connectivity index (χ2n) is 7.02. The molecule has 0 aromatic rings. The predicted octanol–water partition coefficient (Wildman–Crippen LogP) is 6.04. The van der Waals surface area contributed by atoms with Crippen molar-refractivity contribution in [1.29, 1.82) is 0 Å². The van der Waals surface area contributed by atoms with Crippen molar-refractivity contribution >= 4 is 11.9 Å². The lowest BCUT2D eigenvalue weighted by molar-refractivity contribution is -0.147. The average Bonchev–Trinajstić information content (AvgIpc) is 2.53. The number of carbonyl (C=O) groups excluding carboxylic acids is 1. The zero-order chi connectivity index (χ0) is 18.8. The van der Waals surface area contributed by atoms with Crippen LogP contribution in [0.25, 0.3) is 0 Å². The van der Waals surface area contributed by atoms with Crippen LogP contribution in [0.5, 0.6) is 0 Å². The van der Waals surface area contributed by atoms with Crippen LogP contribution in [-0.2, 0) is 14.3 Å². The molecule has 0 aromatic heterocycles. The minimum atomic E-state index is -0.684. The maximum Gasteiger partial charge on any atom is 0.306 e. The van der Waals surface area contributed by atoms with Crippen LogP contribution in [0.3, 0.4) is 0 Å². The van der Waals surface area contributed by atoms with Gasteiger partial charge in [0.2, 0.25) is 0 Å². The molecule has 0 radical (unpaired) electrons. The van der Waals surface area contributed by atoms with Crippen LogP contribution >= 0.6 is 0 Å². The summed E-state index contributed by atoms with van der Waals surface area (Å²) in [5, 5.41) is 8.54. The number of unbranched alkanes of at least 4 members (excludes halogenated alkanes) is 10. The fourth-order valence-corrected chi connectivity index (χ4v) is 2.69. The van der Waals surface area contributed by atoms with Gasteiger partial charge in [0, 0.05) is 12.8 Å². The molecule has 0 spiro atoms. The highest BCUT2D eigenvalue weighted by molar-refractivity contribution is 5.69. The summed E-state index contributed by atoms with van der Waals surface area (Å²) in [5.74, 6) is -0.753. The first-order valence-electron chi connectivity index (χ1n) is 10.1. The van der Waals surface area contributed by atoms with Gasteiger partial charge in [0.05, 0.1) is 6.10 Å². The molecule has 0 aliphatic heterocycles. The van der Waals surface area contributed by atoms with E-state index in [9.17, 15) is 9.59 Å². The SMILES string of the molecule is CC(C)OC(=O)CCCCCCCC=CCCCCCCCC(=O)O. The van der Waals surface area contributed by atoms with Gasteiger partial charge in [-0.2, -0.15) is 0 Å². The third-order valence-corrected chi connectivity index (χ3v) is 4.05. The van der Waals surface area contributed by atoms with E-state index in [2.05, 4.69) is 12.2 Å². The van der Waals surface area contributed by atoms with Gasteiger partial charge in [-0.25, -0.2) is 0 Å². The smallest absolute Gasteiger partial charge is 0.306 e. The summed E-state index contributed by atoms with van der Waals surface area (Å²) in [6, 6.07) is 0. The molecule has 4 heteroatoms. The minimum absolute atomic E-state index is 0.00350. The van der Waals surface area contributed by atoms with E-state index in [1.807, 2.05) is 13.8 Å². The molecule has 0 fully saturated rings. The van der Waals surface area contributed by atoms with Gasteiger partial charge < -0.3 is 9.84 Å².